The predicted octanol–water partition coefficient (Wildman–Crippen LogP) is 5.13. The molecule has 0 atom stereocenters. The molecular formula is C14H5BrClF3N2. The third-order valence-electron chi connectivity index (χ3n) is 2.90. The number of rotatable bonds is 1. The molecule has 1 aromatic heterocycles. The van der Waals surface area contributed by atoms with Crippen LogP contribution in [0.3, 0.4) is 0 Å². The topological polar surface area (TPSA) is 25.8 Å². The molecule has 0 aliphatic rings. The summed E-state index contributed by atoms with van der Waals surface area (Å²) in [6, 6.07) is 6.24. The second-order valence-corrected chi connectivity index (χ2v) is 5.40. The van der Waals surface area contributed by atoms with E-state index in [9.17, 15) is 13.2 Å². The predicted molar refractivity (Wildman–Crippen MR) is 77.6 cm³/mol. The van der Waals surface area contributed by atoms with Crippen LogP contribution < -0.4 is 0 Å². The van der Waals surface area contributed by atoms with Crippen molar-refractivity contribution in [3.05, 3.63) is 57.4 Å². The number of nitrogens with zero attached hydrogens (tertiary/aromatic N) is 2. The van der Waals surface area contributed by atoms with E-state index < -0.39 is 17.5 Å². The van der Waals surface area contributed by atoms with Gasteiger partial charge < -0.3 is 0 Å². The van der Waals surface area contributed by atoms with Gasteiger partial charge in [0.15, 0.2) is 17.5 Å². The van der Waals surface area contributed by atoms with Crippen LogP contribution >= 0.6 is 27.5 Å². The van der Waals surface area contributed by atoms with Crippen molar-refractivity contribution in [1.82, 2.24) is 9.97 Å². The molecule has 3 rings (SSSR count). The molecule has 7 heteroatoms. The van der Waals surface area contributed by atoms with Gasteiger partial charge in [-0.25, -0.2) is 23.1 Å². The number of hydrogen-bond donors (Lipinski definition) is 0. The lowest BCUT2D eigenvalue weighted by Gasteiger charge is -2.08. The van der Waals surface area contributed by atoms with Crippen molar-refractivity contribution in [2.24, 2.45) is 0 Å². The van der Waals surface area contributed by atoms with Crippen molar-refractivity contribution in [3.8, 4) is 11.4 Å². The van der Waals surface area contributed by atoms with Crippen molar-refractivity contribution in [2.75, 3.05) is 0 Å². The van der Waals surface area contributed by atoms with E-state index >= 15 is 0 Å². The van der Waals surface area contributed by atoms with Crippen LogP contribution in [-0.4, -0.2) is 9.97 Å². The maximum Gasteiger partial charge on any atom is 0.169 e. The fourth-order valence-electron chi connectivity index (χ4n) is 1.92. The highest BCUT2D eigenvalue weighted by Crippen LogP contribution is 2.32. The maximum absolute atomic E-state index is 13.9. The molecule has 0 saturated heterocycles. The summed E-state index contributed by atoms with van der Waals surface area (Å²) < 4.78 is 41.5. The van der Waals surface area contributed by atoms with Gasteiger partial charge in [-0.3, -0.25) is 0 Å². The highest BCUT2D eigenvalue weighted by Gasteiger charge is 2.17. The van der Waals surface area contributed by atoms with Crippen LogP contribution in [0.25, 0.3) is 22.3 Å². The van der Waals surface area contributed by atoms with Gasteiger partial charge in [0.05, 0.1) is 10.9 Å². The molecule has 2 nitrogen and oxygen atoms in total. The quantitative estimate of drug-likeness (QED) is 0.553. The molecule has 0 aliphatic heterocycles. The Morgan fingerprint density at radius 2 is 1.71 bits per heavy atom. The molecule has 0 aliphatic carbocycles. The lowest BCUT2D eigenvalue weighted by Crippen LogP contribution is -1.98. The molecule has 0 N–H and O–H groups in total. The summed E-state index contributed by atoms with van der Waals surface area (Å²) >= 11 is 9.24. The van der Waals surface area contributed by atoms with E-state index in [4.69, 9.17) is 11.6 Å². The first-order valence-corrected chi connectivity index (χ1v) is 6.92. The fourth-order valence-corrected chi connectivity index (χ4v) is 2.82. The largest absolute Gasteiger partial charge is 0.225 e. The van der Waals surface area contributed by atoms with Gasteiger partial charge in [-0.15, -0.1) is 0 Å². The third-order valence-corrected chi connectivity index (χ3v) is 3.83. The van der Waals surface area contributed by atoms with Crippen LogP contribution in [-0.2, 0) is 0 Å². The zero-order chi connectivity index (χ0) is 15.1. The van der Waals surface area contributed by atoms with Crippen molar-refractivity contribution in [2.45, 2.75) is 0 Å². The zero-order valence-corrected chi connectivity index (χ0v) is 12.5. The van der Waals surface area contributed by atoms with Crippen molar-refractivity contribution in [3.63, 3.8) is 0 Å². The molecule has 0 fully saturated rings. The first-order valence-electron chi connectivity index (χ1n) is 5.74. The van der Waals surface area contributed by atoms with Crippen molar-refractivity contribution >= 4 is 38.4 Å². The number of aromatic nitrogens is 2. The fraction of sp³-hybridized carbons (Fsp3) is 0. The molecule has 3 aromatic rings. The summed E-state index contributed by atoms with van der Waals surface area (Å²) in [6.07, 6.45) is 0. The van der Waals surface area contributed by atoms with Gasteiger partial charge in [-0.1, -0.05) is 17.7 Å². The van der Waals surface area contributed by atoms with Gasteiger partial charge in [-0.05, 0) is 40.2 Å². The Labute approximate surface area is 130 Å². The van der Waals surface area contributed by atoms with E-state index in [1.54, 1.807) is 0 Å². The van der Waals surface area contributed by atoms with Gasteiger partial charge >= 0.3 is 0 Å². The first-order chi connectivity index (χ1) is 9.99. The summed E-state index contributed by atoms with van der Waals surface area (Å²) in [4.78, 5) is 7.89. The second-order valence-electron chi connectivity index (χ2n) is 4.19. The zero-order valence-electron chi connectivity index (χ0n) is 10.2. The molecule has 2 aromatic carbocycles. The van der Waals surface area contributed by atoms with E-state index in [0.29, 0.717) is 4.47 Å². The average molecular weight is 374 g/mol. The van der Waals surface area contributed by atoms with Crippen molar-refractivity contribution < 1.29 is 13.2 Å². The van der Waals surface area contributed by atoms with E-state index in [-0.39, 0.29) is 27.4 Å². The summed E-state index contributed by atoms with van der Waals surface area (Å²) in [5, 5.41) is 0.224. The van der Waals surface area contributed by atoms with Crippen LogP contribution in [0.2, 0.25) is 5.15 Å². The van der Waals surface area contributed by atoms with Gasteiger partial charge in [0, 0.05) is 4.47 Å². The number of hydrogen-bond acceptors (Lipinski definition) is 2. The van der Waals surface area contributed by atoms with Crippen LogP contribution in [0.1, 0.15) is 0 Å². The van der Waals surface area contributed by atoms with Gasteiger partial charge in [0.25, 0.3) is 0 Å². The van der Waals surface area contributed by atoms with E-state index in [1.165, 1.54) is 24.3 Å². The second kappa shape index (κ2) is 5.27. The Kier molecular flexibility index (Phi) is 3.59. The normalized spacial score (nSPS) is 11.1. The Balaban J connectivity index is 2.36. The van der Waals surface area contributed by atoms with Gasteiger partial charge in [-0.2, -0.15) is 0 Å². The first kappa shape index (κ1) is 14.3. The lowest BCUT2D eigenvalue weighted by molar-refractivity contribution is 0.510. The van der Waals surface area contributed by atoms with Crippen LogP contribution in [0.4, 0.5) is 13.2 Å². The number of fused-ring (bicyclic) bond motifs is 1. The van der Waals surface area contributed by atoms with Crippen molar-refractivity contribution in [1.29, 1.82) is 0 Å². The van der Waals surface area contributed by atoms with E-state index in [0.717, 1.165) is 6.07 Å². The minimum atomic E-state index is -1.11. The molecule has 106 valence electrons. The summed E-state index contributed by atoms with van der Waals surface area (Å²) in [5.74, 6) is -2.96. The maximum atomic E-state index is 13.9. The standard InChI is InChI=1S/C14H5BrClF3N2/c15-7-4-5-9(18)12-10(7)13(16)21-14(20-12)6-2-1-3-8(17)11(6)19/h1-5H. The molecule has 0 spiro atoms. The highest BCUT2D eigenvalue weighted by molar-refractivity contribution is 9.10. The smallest absolute Gasteiger partial charge is 0.169 e. The molecule has 21 heavy (non-hydrogen) atoms. The Bertz CT molecular complexity index is 870. The molecule has 0 amide bonds. The summed E-state index contributed by atoms with van der Waals surface area (Å²) in [5.41, 5.74) is -0.249. The summed E-state index contributed by atoms with van der Waals surface area (Å²) in [6.45, 7) is 0. The molecule has 0 unspecified atom stereocenters. The molecular weight excluding hydrogens is 369 g/mol. The minimum Gasteiger partial charge on any atom is -0.225 e. The summed E-state index contributed by atoms with van der Waals surface area (Å²) in [7, 11) is 0. The third kappa shape index (κ3) is 2.38. The lowest BCUT2D eigenvalue weighted by atomic mass is 10.1. The van der Waals surface area contributed by atoms with Gasteiger partial charge in [0.2, 0.25) is 0 Å². The van der Waals surface area contributed by atoms with Crippen LogP contribution in [0.5, 0.6) is 0 Å². The average Bonchev–Trinajstić information content (AvgIpc) is 2.45. The Hall–Kier alpha value is -1.66. The molecule has 0 bridgehead atoms. The SMILES string of the molecule is Fc1cccc(-c2nc(Cl)c3c(Br)ccc(F)c3n2)c1F. The molecule has 1 heterocycles. The number of benzene rings is 2. The molecule has 0 saturated carbocycles. The Morgan fingerprint density at radius 1 is 0.952 bits per heavy atom. The molecule has 0 radical (unpaired) electrons. The minimum absolute atomic E-state index is 0.0509. The van der Waals surface area contributed by atoms with E-state index in [1.807, 2.05) is 0 Å². The van der Waals surface area contributed by atoms with Gasteiger partial charge in [0.1, 0.15) is 16.5 Å². The number of halogens is 5. The van der Waals surface area contributed by atoms with Crippen LogP contribution in [0.15, 0.2) is 34.8 Å². The monoisotopic (exact) mass is 372 g/mol. The van der Waals surface area contributed by atoms with Crippen LogP contribution in [0, 0.1) is 17.5 Å². The Morgan fingerprint density at radius 3 is 2.48 bits per heavy atom. The van der Waals surface area contributed by atoms with E-state index in [2.05, 4.69) is 25.9 Å². The highest BCUT2D eigenvalue weighted by atomic mass is 79.9.